The molecular weight excluding hydrogens is 470 g/mol. The third kappa shape index (κ3) is 4.52. The fourth-order valence-corrected chi connectivity index (χ4v) is 4.69. The van der Waals surface area contributed by atoms with E-state index in [1.807, 2.05) is 54.6 Å². The number of methoxy groups -OCH3 is 1. The van der Waals surface area contributed by atoms with Gasteiger partial charge in [-0.1, -0.05) is 23.7 Å². The molecule has 2 fully saturated rings. The van der Waals surface area contributed by atoms with Crippen LogP contribution in [0.4, 0.5) is 0 Å². The minimum Gasteiger partial charge on any atom is -0.497 e. The Kier molecular flexibility index (Phi) is 5.93. The van der Waals surface area contributed by atoms with Crippen LogP contribution < -0.4 is 14.2 Å². The highest BCUT2D eigenvalue weighted by atomic mass is 35.5. The number of halogens is 1. The zero-order valence-electron chi connectivity index (χ0n) is 19.1. The summed E-state index contributed by atoms with van der Waals surface area (Å²) in [6.45, 7) is 1.64. The number of fused-ring (bicyclic) bond motifs is 2. The fourth-order valence-electron chi connectivity index (χ4n) is 4.43. The molecule has 2 saturated heterocycles. The highest BCUT2D eigenvalue weighted by Gasteiger charge is 2.43. The van der Waals surface area contributed by atoms with Crippen molar-refractivity contribution >= 4 is 22.8 Å². The minimum absolute atomic E-state index is 0.0548. The van der Waals surface area contributed by atoms with Crippen molar-refractivity contribution in [3.05, 3.63) is 65.2 Å². The highest BCUT2D eigenvalue weighted by Crippen LogP contribution is 2.32. The number of pyridine rings is 1. The molecule has 180 valence electrons. The predicted molar refractivity (Wildman–Crippen MR) is 130 cm³/mol. The maximum Gasteiger partial charge on any atom is 0.296 e. The summed E-state index contributed by atoms with van der Waals surface area (Å²) in [5.41, 5.74) is 3.80. The van der Waals surface area contributed by atoms with E-state index in [2.05, 4.69) is 15.0 Å². The summed E-state index contributed by atoms with van der Waals surface area (Å²) in [5.74, 6) is 1.57. The van der Waals surface area contributed by atoms with Gasteiger partial charge < -0.3 is 28.7 Å². The Morgan fingerprint density at radius 2 is 1.83 bits per heavy atom. The summed E-state index contributed by atoms with van der Waals surface area (Å²) >= 11 is 6.56. The molecule has 3 atom stereocenters. The van der Waals surface area contributed by atoms with Gasteiger partial charge in [-0.15, -0.1) is 0 Å². The number of aromatic amines is 1. The van der Waals surface area contributed by atoms with E-state index in [0.717, 1.165) is 29.0 Å². The predicted octanol–water partition coefficient (Wildman–Crippen LogP) is 4.80. The van der Waals surface area contributed by atoms with Crippen LogP contribution in [-0.2, 0) is 16.1 Å². The lowest BCUT2D eigenvalue weighted by molar-refractivity contribution is 0.0273. The highest BCUT2D eigenvalue weighted by molar-refractivity contribution is 6.33. The maximum absolute atomic E-state index is 6.56. The van der Waals surface area contributed by atoms with E-state index in [-0.39, 0.29) is 18.3 Å². The lowest BCUT2D eigenvalue weighted by Crippen LogP contribution is -2.32. The van der Waals surface area contributed by atoms with Gasteiger partial charge in [-0.2, -0.15) is 4.98 Å². The van der Waals surface area contributed by atoms with Crippen molar-refractivity contribution < 1.29 is 23.7 Å². The maximum atomic E-state index is 6.56. The molecular formula is C26H24ClN3O5. The van der Waals surface area contributed by atoms with Gasteiger partial charge in [0, 0.05) is 12.2 Å². The summed E-state index contributed by atoms with van der Waals surface area (Å²) in [6.07, 6.45) is 0.757. The molecule has 9 heteroatoms. The van der Waals surface area contributed by atoms with Crippen molar-refractivity contribution in [1.29, 1.82) is 0 Å². The molecule has 2 aromatic heterocycles. The summed E-state index contributed by atoms with van der Waals surface area (Å²) in [6, 6.07) is 17.6. The molecule has 0 saturated carbocycles. The third-order valence-electron chi connectivity index (χ3n) is 6.28. The molecule has 0 amide bonds. The Balaban J connectivity index is 1.15. The summed E-state index contributed by atoms with van der Waals surface area (Å²) in [4.78, 5) is 12.3. The number of ether oxygens (including phenoxy) is 5. The number of imidazole rings is 1. The minimum atomic E-state index is -0.191. The first kappa shape index (κ1) is 22.2. The first-order valence-corrected chi connectivity index (χ1v) is 11.9. The summed E-state index contributed by atoms with van der Waals surface area (Å²) in [5, 5.41) is 0.517. The molecule has 1 unspecified atom stereocenters. The number of rotatable bonds is 7. The van der Waals surface area contributed by atoms with Crippen LogP contribution in [0.15, 0.2) is 54.6 Å². The largest absolute Gasteiger partial charge is 0.497 e. The molecule has 2 aliphatic rings. The van der Waals surface area contributed by atoms with Gasteiger partial charge in [0.05, 0.1) is 36.1 Å². The zero-order valence-corrected chi connectivity index (χ0v) is 19.8. The number of nitrogens with zero attached hydrogens (tertiary/aromatic N) is 2. The molecule has 6 rings (SSSR count). The van der Waals surface area contributed by atoms with E-state index < -0.39 is 0 Å². The topological polar surface area (TPSA) is 87.7 Å². The molecule has 0 radical (unpaired) electrons. The van der Waals surface area contributed by atoms with Gasteiger partial charge in [-0.3, -0.25) is 0 Å². The van der Waals surface area contributed by atoms with Crippen LogP contribution in [0.5, 0.6) is 17.5 Å². The molecule has 0 spiro atoms. The van der Waals surface area contributed by atoms with Crippen molar-refractivity contribution in [2.24, 2.45) is 0 Å². The van der Waals surface area contributed by atoms with E-state index in [1.165, 1.54) is 0 Å². The number of benzene rings is 2. The zero-order chi connectivity index (χ0) is 23.8. The van der Waals surface area contributed by atoms with Crippen LogP contribution in [0.3, 0.4) is 0 Å². The van der Waals surface area contributed by atoms with Crippen molar-refractivity contribution in [3.8, 4) is 28.8 Å². The number of H-pyrrole nitrogens is 1. The van der Waals surface area contributed by atoms with Crippen LogP contribution in [0, 0.1) is 0 Å². The van der Waals surface area contributed by atoms with E-state index in [4.69, 9.17) is 35.3 Å². The first-order valence-electron chi connectivity index (χ1n) is 11.5. The number of hydrogen-bond donors (Lipinski definition) is 1. The Morgan fingerprint density at radius 3 is 2.63 bits per heavy atom. The molecule has 2 aliphatic heterocycles. The number of nitrogens with one attached hydrogen (secondary N) is 1. The number of aromatic nitrogens is 3. The average Bonchev–Trinajstić information content (AvgIpc) is 3.60. The average molecular weight is 494 g/mol. The van der Waals surface area contributed by atoms with Gasteiger partial charge in [0.25, 0.3) is 6.01 Å². The van der Waals surface area contributed by atoms with E-state index in [9.17, 15) is 0 Å². The molecule has 1 N–H and O–H groups in total. The lowest BCUT2D eigenvalue weighted by atomic mass is 10.1. The lowest BCUT2D eigenvalue weighted by Gasteiger charge is -2.15. The van der Waals surface area contributed by atoms with Crippen molar-refractivity contribution in [2.45, 2.75) is 31.3 Å². The normalized spacial score (nSPS) is 21.3. The van der Waals surface area contributed by atoms with Gasteiger partial charge in [0.1, 0.15) is 24.2 Å². The molecule has 2 aromatic carbocycles. The molecule has 0 bridgehead atoms. The van der Waals surface area contributed by atoms with Crippen LogP contribution in [0.1, 0.15) is 12.0 Å². The van der Waals surface area contributed by atoms with Gasteiger partial charge in [-0.05, 0) is 54.4 Å². The fraction of sp³-hybridized carbons (Fsp3) is 0.308. The monoisotopic (exact) mass is 493 g/mol. The molecule has 4 aromatic rings. The smallest absolute Gasteiger partial charge is 0.296 e. The number of hydrogen-bond acceptors (Lipinski definition) is 7. The van der Waals surface area contributed by atoms with Crippen LogP contribution in [0.25, 0.3) is 22.4 Å². The van der Waals surface area contributed by atoms with Crippen LogP contribution in [0.2, 0.25) is 5.02 Å². The standard InChI is InChI=1S/C26H24ClN3O5/c1-31-17-6-2-15(3-7-17)13-33-18-8-4-16(5-9-18)23-19(27)12-20-25(29-23)30-26(28-20)35-22-14-34-21-10-11-32-24(21)22/h2-9,12,21-22,24H,10-11,13-14H2,1H3,(H,28,29,30)/t21-,22?,24+/m1/s1. The van der Waals surface area contributed by atoms with Crippen molar-refractivity contribution in [1.82, 2.24) is 15.0 Å². The van der Waals surface area contributed by atoms with Crippen LogP contribution in [-0.4, -0.2) is 53.6 Å². The Bertz CT molecular complexity index is 1330. The van der Waals surface area contributed by atoms with Gasteiger partial charge >= 0.3 is 0 Å². The summed E-state index contributed by atoms with van der Waals surface area (Å²) in [7, 11) is 1.65. The van der Waals surface area contributed by atoms with Gasteiger partial charge in [-0.25, -0.2) is 4.98 Å². The molecule has 8 nitrogen and oxygen atoms in total. The van der Waals surface area contributed by atoms with Crippen molar-refractivity contribution in [3.63, 3.8) is 0 Å². The van der Waals surface area contributed by atoms with E-state index >= 15 is 0 Å². The Labute approximate surface area is 207 Å². The summed E-state index contributed by atoms with van der Waals surface area (Å²) < 4.78 is 28.6. The second kappa shape index (κ2) is 9.37. The quantitative estimate of drug-likeness (QED) is 0.395. The second-order valence-corrected chi connectivity index (χ2v) is 8.95. The van der Waals surface area contributed by atoms with Crippen molar-refractivity contribution in [2.75, 3.05) is 20.3 Å². The van der Waals surface area contributed by atoms with E-state index in [0.29, 0.717) is 47.7 Å². The molecule has 0 aliphatic carbocycles. The Hall–Kier alpha value is -3.33. The SMILES string of the molecule is COc1ccc(COc2ccc(-c3nc4nc(OC5CO[C@@H]6CCO[C@H]56)[nH]c4cc3Cl)cc2)cc1. The van der Waals surface area contributed by atoms with Gasteiger partial charge in [0.2, 0.25) is 0 Å². The van der Waals surface area contributed by atoms with Crippen LogP contribution >= 0.6 is 11.6 Å². The van der Waals surface area contributed by atoms with Gasteiger partial charge in [0.15, 0.2) is 11.8 Å². The molecule has 35 heavy (non-hydrogen) atoms. The molecule has 4 heterocycles. The Morgan fingerprint density at radius 1 is 1.03 bits per heavy atom. The van der Waals surface area contributed by atoms with E-state index in [1.54, 1.807) is 7.11 Å². The third-order valence-corrected chi connectivity index (χ3v) is 6.57. The first-order chi connectivity index (χ1) is 17.2. The second-order valence-electron chi connectivity index (χ2n) is 8.55.